The predicted molar refractivity (Wildman–Crippen MR) is 205 cm³/mol. The summed E-state index contributed by atoms with van der Waals surface area (Å²) in [4.78, 5) is 51.8. The number of esters is 3. The quantitative estimate of drug-likeness (QED) is 0.0228. The lowest BCUT2D eigenvalue weighted by Gasteiger charge is -2.31. The Hall–Kier alpha value is -3.18. The average molecular weight is 733 g/mol. The molecule has 4 N–H and O–H groups in total. The lowest BCUT2D eigenvalue weighted by Crippen LogP contribution is -2.56. The monoisotopic (exact) mass is 732 g/mol. The molecule has 0 saturated carbocycles. The van der Waals surface area contributed by atoms with Crippen molar-refractivity contribution in [2.24, 2.45) is 0 Å². The van der Waals surface area contributed by atoms with Crippen LogP contribution >= 0.6 is 0 Å². The SMILES string of the molecule is CC/C=C\C/C=C\C/C=C\CCCCCCC(OC(=O)CCCCCCC/C=C\C/C=C\CCCCC)(C(=O)OC(=O)C(O)CO)C(=O)C(O)CO. The van der Waals surface area contributed by atoms with Crippen molar-refractivity contribution in [2.45, 2.75) is 166 Å². The Balaban J connectivity index is 5.12. The lowest BCUT2D eigenvalue weighted by molar-refractivity contribution is -0.194. The summed E-state index contributed by atoms with van der Waals surface area (Å²) in [6.07, 6.45) is 33.4. The molecule has 0 aliphatic carbocycles. The summed E-state index contributed by atoms with van der Waals surface area (Å²) in [5.74, 6) is -5.33. The van der Waals surface area contributed by atoms with Crippen LogP contribution in [-0.4, -0.2) is 75.1 Å². The molecule has 0 bridgehead atoms. The maximum atomic E-state index is 13.3. The standard InChI is InChI=1S/C42H68O10/c1-3-5-7-9-11-13-15-17-19-20-22-24-26-28-30-32-38(47)52-42(39(48)36(45)34-43,41(50)51-40(49)37(46)35-44)33-31-29-27-25-23-21-18-16-14-12-10-8-6-4-2/h6,8,11-14,17-19,21,36-37,43-46H,3-5,7,9-10,15-16,20,22-35H2,1-2H3/b8-6-,13-11-,14-12-,19-17-,21-18-. The van der Waals surface area contributed by atoms with Crippen LogP contribution in [0.4, 0.5) is 0 Å². The van der Waals surface area contributed by atoms with Crippen LogP contribution in [-0.2, 0) is 28.7 Å². The molecule has 0 spiro atoms. The van der Waals surface area contributed by atoms with Gasteiger partial charge in [-0.3, -0.25) is 9.59 Å². The van der Waals surface area contributed by atoms with E-state index in [1.165, 1.54) is 19.3 Å². The van der Waals surface area contributed by atoms with Crippen LogP contribution in [0.1, 0.15) is 149 Å². The van der Waals surface area contributed by atoms with Crippen LogP contribution in [0.2, 0.25) is 0 Å². The fourth-order valence-corrected chi connectivity index (χ4v) is 5.28. The van der Waals surface area contributed by atoms with E-state index in [-0.39, 0.29) is 12.8 Å². The Labute approximate surface area is 312 Å². The molecule has 0 heterocycles. The predicted octanol–water partition coefficient (Wildman–Crippen LogP) is 7.63. The molecule has 0 fully saturated rings. The van der Waals surface area contributed by atoms with Gasteiger partial charge in [-0.05, 0) is 77.0 Å². The van der Waals surface area contributed by atoms with Gasteiger partial charge in [-0.15, -0.1) is 0 Å². The number of carbonyl (C=O) groups excluding carboxylic acids is 4. The first-order valence-electron chi connectivity index (χ1n) is 19.5. The second-order valence-corrected chi connectivity index (χ2v) is 13.0. The maximum Gasteiger partial charge on any atom is 0.366 e. The highest BCUT2D eigenvalue weighted by molar-refractivity contribution is 6.12. The molecule has 0 rings (SSSR count). The molecule has 0 aromatic carbocycles. The number of rotatable bonds is 33. The van der Waals surface area contributed by atoms with Crippen LogP contribution in [0.15, 0.2) is 60.8 Å². The van der Waals surface area contributed by atoms with Crippen molar-refractivity contribution in [2.75, 3.05) is 13.2 Å². The lowest BCUT2D eigenvalue weighted by atomic mass is 9.87. The highest BCUT2D eigenvalue weighted by Gasteiger charge is 2.53. The van der Waals surface area contributed by atoms with Gasteiger partial charge in [0.25, 0.3) is 5.60 Å². The van der Waals surface area contributed by atoms with Crippen LogP contribution in [0.25, 0.3) is 0 Å². The third-order valence-electron chi connectivity index (χ3n) is 8.39. The normalized spacial score (nSPS) is 14.5. The van der Waals surface area contributed by atoms with Crippen molar-refractivity contribution in [3.8, 4) is 0 Å². The highest BCUT2D eigenvalue weighted by atomic mass is 16.6. The summed E-state index contributed by atoms with van der Waals surface area (Å²) in [5, 5.41) is 38.5. The zero-order valence-electron chi connectivity index (χ0n) is 31.9. The van der Waals surface area contributed by atoms with E-state index >= 15 is 0 Å². The molecular formula is C42H68O10. The third kappa shape index (κ3) is 24.1. The molecule has 0 aromatic heterocycles. The molecule has 10 heteroatoms. The number of aliphatic hydroxyl groups excluding tert-OH is 4. The molecular weight excluding hydrogens is 664 g/mol. The van der Waals surface area contributed by atoms with E-state index in [0.29, 0.717) is 19.3 Å². The van der Waals surface area contributed by atoms with E-state index in [0.717, 1.165) is 77.0 Å². The van der Waals surface area contributed by atoms with Crippen molar-refractivity contribution in [3.63, 3.8) is 0 Å². The summed E-state index contributed by atoms with van der Waals surface area (Å²) in [6.45, 7) is 2.20. The molecule has 10 nitrogen and oxygen atoms in total. The van der Waals surface area contributed by atoms with E-state index in [9.17, 15) is 34.5 Å². The van der Waals surface area contributed by atoms with Gasteiger partial charge in [0.15, 0.2) is 6.10 Å². The fourth-order valence-electron chi connectivity index (χ4n) is 5.28. The fraction of sp³-hybridized carbons (Fsp3) is 0.667. The number of hydrogen-bond acceptors (Lipinski definition) is 10. The number of unbranched alkanes of at least 4 members (excludes halogenated alkanes) is 12. The van der Waals surface area contributed by atoms with Crippen molar-refractivity contribution >= 4 is 23.7 Å². The Morgan fingerprint density at radius 2 is 1.04 bits per heavy atom. The van der Waals surface area contributed by atoms with Gasteiger partial charge in [-0.2, -0.15) is 0 Å². The van der Waals surface area contributed by atoms with Gasteiger partial charge in [-0.25, -0.2) is 9.59 Å². The highest BCUT2D eigenvalue weighted by Crippen LogP contribution is 2.27. The van der Waals surface area contributed by atoms with Gasteiger partial charge in [0.1, 0.15) is 6.10 Å². The first kappa shape index (κ1) is 48.8. The van der Waals surface area contributed by atoms with Gasteiger partial charge in [0.2, 0.25) is 5.78 Å². The Bertz CT molecular complexity index is 1110. The molecule has 296 valence electrons. The molecule has 52 heavy (non-hydrogen) atoms. The molecule has 0 aliphatic rings. The van der Waals surface area contributed by atoms with Crippen LogP contribution in [0.3, 0.4) is 0 Å². The van der Waals surface area contributed by atoms with Crippen LogP contribution in [0.5, 0.6) is 0 Å². The second kappa shape index (κ2) is 33.6. The summed E-state index contributed by atoms with van der Waals surface area (Å²) >= 11 is 0. The first-order valence-corrected chi connectivity index (χ1v) is 19.5. The summed E-state index contributed by atoms with van der Waals surface area (Å²) < 4.78 is 10.1. The van der Waals surface area contributed by atoms with E-state index in [2.05, 4.69) is 79.3 Å². The van der Waals surface area contributed by atoms with E-state index in [1.807, 2.05) is 0 Å². The molecule has 3 unspecified atom stereocenters. The Morgan fingerprint density at radius 3 is 1.56 bits per heavy atom. The molecule has 0 radical (unpaired) electrons. The van der Waals surface area contributed by atoms with Gasteiger partial charge in [-0.1, -0.05) is 120 Å². The van der Waals surface area contributed by atoms with E-state index in [1.54, 1.807) is 0 Å². The first-order chi connectivity index (χ1) is 25.2. The van der Waals surface area contributed by atoms with Crippen molar-refractivity contribution in [1.29, 1.82) is 0 Å². The number of aliphatic hydroxyl groups is 4. The second-order valence-electron chi connectivity index (χ2n) is 13.0. The Morgan fingerprint density at radius 1 is 0.577 bits per heavy atom. The molecule has 0 aromatic rings. The number of carbonyl (C=O) groups is 4. The Kier molecular flexibility index (Phi) is 31.6. The summed E-state index contributed by atoms with van der Waals surface area (Å²) in [7, 11) is 0. The zero-order chi connectivity index (χ0) is 38.7. The minimum absolute atomic E-state index is 0.119. The van der Waals surface area contributed by atoms with Crippen molar-refractivity contribution in [3.05, 3.63) is 60.8 Å². The molecule has 0 aliphatic heterocycles. The third-order valence-corrected chi connectivity index (χ3v) is 8.39. The molecule has 3 atom stereocenters. The number of Topliss-reactive ketones (excluding diaryl/α,β-unsaturated/α-hetero) is 1. The summed E-state index contributed by atoms with van der Waals surface area (Å²) in [6, 6.07) is 0. The number of ether oxygens (including phenoxy) is 2. The van der Waals surface area contributed by atoms with Gasteiger partial charge in [0, 0.05) is 12.8 Å². The van der Waals surface area contributed by atoms with Crippen molar-refractivity contribution in [1.82, 2.24) is 0 Å². The minimum Gasteiger partial charge on any atom is -0.439 e. The van der Waals surface area contributed by atoms with Gasteiger partial charge < -0.3 is 29.9 Å². The number of allylic oxidation sites excluding steroid dienone is 10. The topological polar surface area (TPSA) is 168 Å². The van der Waals surface area contributed by atoms with Gasteiger partial charge in [0.05, 0.1) is 13.2 Å². The molecule has 0 saturated heterocycles. The number of ketones is 1. The van der Waals surface area contributed by atoms with Gasteiger partial charge >= 0.3 is 17.9 Å². The maximum absolute atomic E-state index is 13.3. The number of hydrogen-bond donors (Lipinski definition) is 4. The summed E-state index contributed by atoms with van der Waals surface area (Å²) in [5.41, 5.74) is -2.71. The molecule has 0 amide bonds. The zero-order valence-corrected chi connectivity index (χ0v) is 31.9. The largest absolute Gasteiger partial charge is 0.439 e. The van der Waals surface area contributed by atoms with Crippen LogP contribution < -0.4 is 0 Å². The van der Waals surface area contributed by atoms with Crippen molar-refractivity contribution < 1.29 is 49.1 Å². The minimum atomic E-state index is -2.71. The average Bonchev–Trinajstić information content (AvgIpc) is 3.14. The van der Waals surface area contributed by atoms with E-state index < -0.39 is 61.1 Å². The van der Waals surface area contributed by atoms with E-state index in [4.69, 9.17) is 9.84 Å². The van der Waals surface area contributed by atoms with Crippen LogP contribution in [0, 0.1) is 0 Å². The smallest absolute Gasteiger partial charge is 0.366 e.